The van der Waals surface area contributed by atoms with E-state index in [9.17, 15) is 19.4 Å². The van der Waals surface area contributed by atoms with Crippen LogP contribution in [0.3, 0.4) is 0 Å². The van der Waals surface area contributed by atoms with Gasteiger partial charge < -0.3 is 20.8 Å². The van der Waals surface area contributed by atoms with E-state index in [2.05, 4.69) is 26.8 Å². The minimum atomic E-state index is -1.63. The molecule has 4 N–H and O–H groups in total. The van der Waals surface area contributed by atoms with E-state index in [-0.39, 0.29) is 30.7 Å². The van der Waals surface area contributed by atoms with Crippen LogP contribution in [0.1, 0.15) is 42.6 Å². The van der Waals surface area contributed by atoms with Gasteiger partial charge in [0.15, 0.2) is 0 Å². The van der Waals surface area contributed by atoms with Gasteiger partial charge in [0.05, 0.1) is 52.1 Å². The lowest BCUT2D eigenvalue weighted by Gasteiger charge is -2.35. The zero-order valence-electron chi connectivity index (χ0n) is 19.0. The van der Waals surface area contributed by atoms with Gasteiger partial charge in [-0.25, -0.2) is 8.91 Å². The Labute approximate surface area is 196 Å². The molecule has 178 valence electrons. The van der Waals surface area contributed by atoms with E-state index in [1.807, 2.05) is 12.1 Å². The quantitative estimate of drug-likeness (QED) is 0.400. The molecule has 1 aliphatic rings. The molecule has 0 unspecified atom stereocenters. The van der Waals surface area contributed by atoms with E-state index >= 15 is 0 Å². The third kappa shape index (κ3) is 4.85. The van der Waals surface area contributed by atoms with Gasteiger partial charge in [-0.2, -0.15) is 10.4 Å². The third-order valence-corrected chi connectivity index (χ3v) is 6.10. The normalized spacial score (nSPS) is 18.7. The van der Waals surface area contributed by atoms with Gasteiger partial charge in [0.1, 0.15) is 12.2 Å². The number of nitrogens with one attached hydrogen (secondary N) is 2. The van der Waals surface area contributed by atoms with Crippen molar-refractivity contribution in [2.75, 3.05) is 18.5 Å². The topological polar surface area (TPSA) is 136 Å². The number of carbonyl (C=O) groups is 1. The van der Waals surface area contributed by atoms with Crippen molar-refractivity contribution in [2.45, 2.75) is 44.5 Å². The van der Waals surface area contributed by atoms with Gasteiger partial charge in [-0.15, -0.1) is 0 Å². The van der Waals surface area contributed by atoms with Crippen LogP contribution in [0.5, 0.6) is 0 Å². The molecular weight excluding hydrogens is 439 g/mol. The molecule has 1 aliphatic carbocycles. The molecule has 1 fully saturated rings. The average Bonchev–Trinajstić information content (AvgIpc) is 3.21. The van der Waals surface area contributed by atoms with Crippen LogP contribution in [-0.4, -0.2) is 61.7 Å². The highest BCUT2D eigenvalue weighted by atomic mass is 19.1. The van der Waals surface area contributed by atoms with Crippen LogP contribution in [0.15, 0.2) is 36.7 Å². The second-order valence-corrected chi connectivity index (χ2v) is 9.22. The minimum absolute atomic E-state index is 0.0876. The number of hydrogen-bond acceptors (Lipinski definition) is 7. The van der Waals surface area contributed by atoms with Gasteiger partial charge in [-0.1, -0.05) is 0 Å². The number of pyridine rings is 1. The molecule has 34 heavy (non-hydrogen) atoms. The summed E-state index contributed by atoms with van der Waals surface area (Å²) in [4.78, 5) is 17.3. The molecule has 0 spiro atoms. The summed E-state index contributed by atoms with van der Waals surface area (Å²) in [5.41, 5.74) is 1.64. The lowest BCUT2D eigenvalue weighted by Crippen LogP contribution is -2.42. The summed E-state index contributed by atoms with van der Waals surface area (Å²) < 4.78 is 15.8. The molecule has 1 atom stereocenters. The van der Waals surface area contributed by atoms with Gasteiger partial charge in [0, 0.05) is 18.8 Å². The average molecular weight is 467 g/mol. The largest absolute Gasteiger partial charge is 0.396 e. The monoisotopic (exact) mass is 466 g/mol. The smallest absolute Gasteiger partial charge is 0.255 e. The Kier molecular flexibility index (Phi) is 6.50. The number of hydrogen-bond donors (Lipinski definition) is 4. The van der Waals surface area contributed by atoms with Crippen LogP contribution < -0.4 is 10.6 Å². The van der Waals surface area contributed by atoms with Gasteiger partial charge >= 0.3 is 0 Å². The summed E-state index contributed by atoms with van der Waals surface area (Å²) in [6, 6.07) is 9.27. The van der Waals surface area contributed by atoms with Crippen molar-refractivity contribution in [3.63, 3.8) is 0 Å². The van der Waals surface area contributed by atoms with E-state index in [0.717, 1.165) is 18.4 Å². The SMILES string of the molecule is CC(C)(O)[C@H](F)CNC(=O)c1cnc(-c2ccc3cc(C#N)cnn23)cc1N[C@H]1C[C@@H](CO)C1. The highest BCUT2D eigenvalue weighted by Gasteiger charge is 2.30. The molecular formula is C24H27FN6O3. The van der Waals surface area contributed by atoms with Crippen molar-refractivity contribution >= 4 is 17.1 Å². The minimum Gasteiger partial charge on any atom is -0.396 e. The first-order valence-electron chi connectivity index (χ1n) is 11.1. The van der Waals surface area contributed by atoms with Crippen molar-refractivity contribution in [3.8, 4) is 17.5 Å². The molecule has 10 heteroatoms. The van der Waals surface area contributed by atoms with Crippen molar-refractivity contribution in [3.05, 3.63) is 47.8 Å². The van der Waals surface area contributed by atoms with Gasteiger partial charge in [-0.3, -0.25) is 9.78 Å². The predicted octanol–water partition coefficient (Wildman–Crippen LogP) is 2.29. The highest BCUT2D eigenvalue weighted by molar-refractivity contribution is 6.00. The molecule has 3 aromatic heterocycles. The van der Waals surface area contributed by atoms with Gasteiger partial charge in [0.2, 0.25) is 0 Å². The third-order valence-electron chi connectivity index (χ3n) is 6.10. The summed E-state index contributed by atoms with van der Waals surface area (Å²) in [6.45, 7) is 2.47. The van der Waals surface area contributed by atoms with Crippen molar-refractivity contribution in [1.82, 2.24) is 19.9 Å². The van der Waals surface area contributed by atoms with Crippen LogP contribution in [-0.2, 0) is 0 Å². The van der Waals surface area contributed by atoms with E-state index in [4.69, 9.17) is 5.26 Å². The first kappa shape index (κ1) is 23.6. The van der Waals surface area contributed by atoms with Gasteiger partial charge in [0.25, 0.3) is 5.91 Å². The van der Waals surface area contributed by atoms with Crippen molar-refractivity contribution < 1.29 is 19.4 Å². The number of alkyl halides is 1. The number of nitrogens with zero attached hydrogens (tertiary/aromatic N) is 4. The maximum absolute atomic E-state index is 14.1. The number of nitriles is 1. The first-order valence-corrected chi connectivity index (χ1v) is 11.1. The maximum atomic E-state index is 14.1. The van der Waals surface area contributed by atoms with E-state index in [0.29, 0.717) is 22.6 Å². The van der Waals surface area contributed by atoms with Crippen LogP contribution in [0, 0.1) is 17.2 Å². The van der Waals surface area contributed by atoms with E-state index in [1.54, 1.807) is 16.6 Å². The van der Waals surface area contributed by atoms with Crippen LogP contribution >= 0.6 is 0 Å². The van der Waals surface area contributed by atoms with Crippen molar-refractivity contribution in [1.29, 1.82) is 5.26 Å². The van der Waals surface area contributed by atoms with E-state index in [1.165, 1.54) is 26.2 Å². The lowest BCUT2D eigenvalue weighted by atomic mass is 9.80. The molecule has 0 saturated heterocycles. The number of amides is 1. The second-order valence-electron chi connectivity index (χ2n) is 9.22. The van der Waals surface area contributed by atoms with Crippen LogP contribution in [0.25, 0.3) is 16.9 Å². The number of carbonyl (C=O) groups excluding carboxylic acids is 1. The summed E-state index contributed by atoms with van der Waals surface area (Å²) in [5, 5.41) is 38.4. The molecule has 4 rings (SSSR count). The Balaban J connectivity index is 1.63. The molecule has 1 amide bonds. The Morgan fingerprint density at radius 2 is 2.12 bits per heavy atom. The molecule has 3 aromatic rings. The summed E-state index contributed by atoms with van der Waals surface area (Å²) >= 11 is 0. The zero-order valence-corrected chi connectivity index (χ0v) is 19.0. The van der Waals surface area contributed by atoms with Crippen LogP contribution in [0.2, 0.25) is 0 Å². The van der Waals surface area contributed by atoms with Crippen LogP contribution in [0.4, 0.5) is 10.1 Å². The Morgan fingerprint density at radius 3 is 2.79 bits per heavy atom. The lowest BCUT2D eigenvalue weighted by molar-refractivity contribution is -0.00177. The summed E-state index contributed by atoms with van der Waals surface area (Å²) in [5.74, 6) is -0.286. The van der Waals surface area contributed by atoms with E-state index < -0.39 is 17.7 Å². The molecule has 0 aromatic carbocycles. The number of halogens is 1. The molecule has 0 aliphatic heterocycles. The number of anilines is 1. The summed E-state index contributed by atoms with van der Waals surface area (Å²) in [6.07, 6.45) is 2.81. The standard InChI is InChI=1S/C24H27FN6O3/c1-24(2,34)22(25)12-28-23(33)18-11-27-20(8-19(18)30-16-5-14(6-16)13-32)21-4-3-17-7-15(9-26)10-29-31(17)21/h3-4,7-8,10-11,14,16,22,32,34H,5-6,12-13H2,1-2H3,(H,27,30)(H,28,33)/t14-,16+,22-/m1/s1. The Bertz CT molecular complexity index is 1240. The summed E-state index contributed by atoms with van der Waals surface area (Å²) in [7, 11) is 0. The number of rotatable bonds is 8. The Hall–Kier alpha value is -3.55. The van der Waals surface area contributed by atoms with Crippen molar-refractivity contribution in [2.24, 2.45) is 5.92 Å². The number of aliphatic hydroxyl groups is 2. The Morgan fingerprint density at radius 1 is 1.35 bits per heavy atom. The molecule has 0 radical (unpaired) electrons. The number of aromatic nitrogens is 3. The molecule has 9 nitrogen and oxygen atoms in total. The van der Waals surface area contributed by atoms with Gasteiger partial charge in [-0.05, 0) is 56.9 Å². The molecule has 0 bridgehead atoms. The maximum Gasteiger partial charge on any atom is 0.255 e. The first-order chi connectivity index (χ1) is 16.2. The fraction of sp³-hybridized carbons (Fsp3) is 0.417. The fourth-order valence-corrected chi connectivity index (χ4v) is 3.90. The molecule has 1 saturated carbocycles. The number of aliphatic hydroxyl groups excluding tert-OH is 1. The second kappa shape index (κ2) is 9.37. The fourth-order valence-electron chi connectivity index (χ4n) is 3.90. The zero-order chi connectivity index (χ0) is 24.5. The number of fused-ring (bicyclic) bond motifs is 1. The predicted molar refractivity (Wildman–Crippen MR) is 124 cm³/mol. The highest BCUT2D eigenvalue weighted by Crippen LogP contribution is 2.32. The molecule has 3 heterocycles.